The Hall–Kier alpha value is -1.51. The molecule has 4 rings (SSSR count). The fraction of sp³-hybridized carbons (Fsp3) is 0.857. The van der Waals surface area contributed by atoms with Crippen LogP contribution >= 0.6 is 0 Å². The molecule has 0 aromatic rings. The highest BCUT2D eigenvalue weighted by atomic mass is 32.3. The Morgan fingerprint density at radius 2 is 2.15 bits per heavy atom. The molecule has 2 bridgehead atoms. The van der Waals surface area contributed by atoms with Crippen LogP contribution in [0, 0.1) is 5.92 Å². The number of carbonyl (C=O) groups excluding carboxylic acids is 2. The number of carbonyl (C=O) groups is 2. The van der Waals surface area contributed by atoms with Gasteiger partial charge in [0.1, 0.15) is 12.1 Å². The predicted octanol–water partition coefficient (Wildman–Crippen LogP) is -1.59. The first kappa shape index (κ1) is 18.8. The van der Waals surface area contributed by atoms with Gasteiger partial charge < -0.3 is 15.0 Å². The van der Waals surface area contributed by atoms with Crippen LogP contribution in [0.2, 0.25) is 0 Å². The van der Waals surface area contributed by atoms with E-state index in [0.717, 1.165) is 19.5 Å². The highest BCUT2D eigenvalue weighted by molar-refractivity contribution is 7.80. The highest BCUT2D eigenvalue weighted by Gasteiger charge is 2.49. The van der Waals surface area contributed by atoms with Crippen LogP contribution < -0.4 is 10.8 Å². The van der Waals surface area contributed by atoms with E-state index in [4.69, 9.17) is 14.1 Å². The maximum Gasteiger partial charge on any atom is 0.418 e. The van der Waals surface area contributed by atoms with Crippen molar-refractivity contribution in [2.75, 3.05) is 26.2 Å². The van der Waals surface area contributed by atoms with E-state index in [9.17, 15) is 18.0 Å². The van der Waals surface area contributed by atoms with Crippen LogP contribution in [0.4, 0.5) is 4.79 Å². The van der Waals surface area contributed by atoms with E-state index in [2.05, 4.69) is 15.1 Å². The maximum atomic E-state index is 12.5. The number of piperidine rings is 2. The van der Waals surface area contributed by atoms with Gasteiger partial charge >= 0.3 is 16.4 Å². The molecule has 0 radical (unpaired) electrons. The van der Waals surface area contributed by atoms with Gasteiger partial charge in [-0.1, -0.05) is 0 Å². The average molecular weight is 406 g/mol. The summed E-state index contributed by atoms with van der Waals surface area (Å²) in [6.45, 7) is 2.15. The summed E-state index contributed by atoms with van der Waals surface area (Å²) in [5.41, 5.74) is 2.43. The molecule has 0 spiro atoms. The van der Waals surface area contributed by atoms with Crippen molar-refractivity contribution >= 4 is 22.3 Å². The zero-order chi connectivity index (χ0) is 19.2. The second kappa shape index (κ2) is 7.14. The molecular formula is C14H22N4O8S. The summed E-state index contributed by atoms with van der Waals surface area (Å²) in [5, 5.41) is 3.85. The quantitative estimate of drug-likeness (QED) is 0.363. The van der Waals surface area contributed by atoms with E-state index in [0.29, 0.717) is 24.5 Å². The Kier molecular flexibility index (Phi) is 4.98. The van der Waals surface area contributed by atoms with Crippen molar-refractivity contribution in [3.8, 4) is 0 Å². The molecule has 4 saturated heterocycles. The number of amides is 3. The smallest absolute Gasteiger partial charge is 0.374 e. The van der Waals surface area contributed by atoms with Gasteiger partial charge in [0.15, 0.2) is 0 Å². The summed E-state index contributed by atoms with van der Waals surface area (Å²) >= 11 is 0. The largest absolute Gasteiger partial charge is 0.418 e. The standard InChI is InChI=1S/C14H22N4O8S/c19-13(16-25-12-7-24-11-5-15-4-3-9(11)12)10-2-1-8-6-17(10)14(20)18(8)26-27(21,22)23/h8-12,15H,1-7H2,(H,16,19)(H,21,22,23)/t8-,9?,10+,11?,12?/m1/s1. The van der Waals surface area contributed by atoms with Gasteiger partial charge in [0.25, 0.3) is 5.91 Å². The minimum absolute atomic E-state index is 0.0717. The lowest BCUT2D eigenvalue weighted by Gasteiger charge is -2.30. The average Bonchev–Trinajstić information content (AvgIpc) is 3.14. The number of nitrogens with zero attached hydrogens (tertiary/aromatic N) is 2. The number of rotatable bonds is 5. The molecule has 4 heterocycles. The summed E-state index contributed by atoms with van der Waals surface area (Å²) in [7, 11) is -4.82. The van der Waals surface area contributed by atoms with E-state index in [-0.39, 0.29) is 24.7 Å². The van der Waals surface area contributed by atoms with E-state index >= 15 is 0 Å². The lowest BCUT2D eigenvalue weighted by atomic mass is 9.92. The zero-order valence-electron chi connectivity index (χ0n) is 14.4. The summed E-state index contributed by atoms with van der Waals surface area (Å²) in [4.78, 5) is 31.6. The molecule has 13 heteroatoms. The third-order valence-corrected chi connectivity index (χ3v) is 5.89. The molecule has 3 N–H and O–H groups in total. The van der Waals surface area contributed by atoms with Crippen LogP contribution in [0.15, 0.2) is 0 Å². The van der Waals surface area contributed by atoms with E-state index < -0.39 is 34.4 Å². The molecular weight excluding hydrogens is 384 g/mol. The number of hydrogen-bond acceptors (Lipinski definition) is 8. The number of ether oxygens (including phenoxy) is 1. The number of fused-ring (bicyclic) bond motifs is 3. The fourth-order valence-corrected chi connectivity index (χ4v) is 4.62. The lowest BCUT2D eigenvalue weighted by Crippen LogP contribution is -2.51. The summed E-state index contributed by atoms with van der Waals surface area (Å²) in [5.74, 6) is -0.276. The second-order valence-electron chi connectivity index (χ2n) is 7.16. The van der Waals surface area contributed by atoms with Gasteiger partial charge in [0.2, 0.25) is 0 Å². The zero-order valence-corrected chi connectivity index (χ0v) is 15.3. The minimum Gasteiger partial charge on any atom is -0.374 e. The van der Waals surface area contributed by atoms with Crippen LogP contribution in [0.3, 0.4) is 0 Å². The Bertz CT molecular complexity index is 718. The molecule has 5 atom stereocenters. The lowest BCUT2D eigenvalue weighted by molar-refractivity contribution is -0.145. The summed E-state index contributed by atoms with van der Waals surface area (Å²) in [6, 6.07) is -2.11. The number of hydrogen-bond donors (Lipinski definition) is 3. The molecule has 3 amide bonds. The van der Waals surface area contributed by atoms with Crippen LogP contribution in [0.5, 0.6) is 0 Å². The molecule has 3 unspecified atom stereocenters. The predicted molar refractivity (Wildman–Crippen MR) is 87.1 cm³/mol. The Balaban J connectivity index is 1.34. The van der Waals surface area contributed by atoms with Crippen molar-refractivity contribution in [3.05, 3.63) is 0 Å². The van der Waals surface area contributed by atoms with Crippen LogP contribution in [-0.4, -0.2) is 85.4 Å². The molecule has 0 aromatic carbocycles. The number of urea groups is 1. The van der Waals surface area contributed by atoms with Crippen molar-refractivity contribution in [1.29, 1.82) is 0 Å². The molecule has 4 fully saturated rings. The first-order valence-electron chi connectivity index (χ1n) is 8.88. The van der Waals surface area contributed by atoms with Crippen molar-refractivity contribution in [2.45, 2.75) is 43.6 Å². The van der Waals surface area contributed by atoms with Gasteiger partial charge in [-0.3, -0.25) is 14.2 Å². The first-order valence-corrected chi connectivity index (χ1v) is 10.2. The number of nitrogens with one attached hydrogen (secondary N) is 2. The van der Waals surface area contributed by atoms with E-state index in [1.54, 1.807) is 0 Å². The van der Waals surface area contributed by atoms with Gasteiger partial charge in [-0.15, -0.1) is 4.28 Å². The van der Waals surface area contributed by atoms with Crippen molar-refractivity contribution in [2.24, 2.45) is 5.92 Å². The molecule has 0 aromatic heterocycles. The van der Waals surface area contributed by atoms with Crippen molar-refractivity contribution < 1.29 is 36.4 Å². The fourth-order valence-electron chi connectivity index (χ4n) is 4.23. The van der Waals surface area contributed by atoms with Gasteiger partial charge in [-0.25, -0.2) is 10.3 Å². The molecule has 152 valence electrons. The first-order chi connectivity index (χ1) is 12.8. The molecule has 4 aliphatic rings. The van der Waals surface area contributed by atoms with Crippen LogP contribution in [0.1, 0.15) is 19.3 Å². The second-order valence-corrected chi connectivity index (χ2v) is 8.17. The molecule has 4 aliphatic heterocycles. The third kappa shape index (κ3) is 3.75. The summed E-state index contributed by atoms with van der Waals surface area (Å²) < 4.78 is 40.6. The highest BCUT2D eigenvalue weighted by Crippen LogP contribution is 2.31. The van der Waals surface area contributed by atoms with Crippen LogP contribution in [-0.2, 0) is 29.1 Å². The third-order valence-electron chi connectivity index (χ3n) is 5.54. The normalized spacial score (nSPS) is 36.0. The SMILES string of the molecule is O=C(NOC1COC2CNCCC21)[C@@H]1CC[C@@H]2CN1C(=O)N2OS(=O)(=O)O. The topological polar surface area (TPSA) is 147 Å². The number of hydroxylamine groups is 3. The van der Waals surface area contributed by atoms with Gasteiger partial charge in [-0.05, 0) is 25.8 Å². The van der Waals surface area contributed by atoms with Gasteiger partial charge in [0.05, 0.1) is 18.8 Å². The monoisotopic (exact) mass is 406 g/mol. The minimum atomic E-state index is -4.82. The maximum absolute atomic E-state index is 12.5. The van der Waals surface area contributed by atoms with Crippen LogP contribution in [0.25, 0.3) is 0 Å². The van der Waals surface area contributed by atoms with Crippen molar-refractivity contribution in [3.63, 3.8) is 0 Å². The molecule has 27 heavy (non-hydrogen) atoms. The van der Waals surface area contributed by atoms with Crippen molar-refractivity contribution in [1.82, 2.24) is 20.8 Å². The van der Waals surface area contributed by atoms with Gasteiger partial charge in [0, 0.05) is 19.0 Å². The summed E-state index contributed by atoms with van der Waals surface area (Å²) in [6.07, 6.45) is 1.41. The van der Waals surface area contributed by atoms with E-state index in [1.807, 2.05) is 0 Å². The van der Waals surface area contributed by atoms with Gasteiger partial charge in [-0.2, -0.15) is 13.5 Å². The molecule has 12 nitrogen and oxygen atoms in total. The Morgan fingerprint density at radius 3 is 2.93 bits per heavy atom. The Morgan fingerprint density at radius 1 is 1.33 bits per heavy atom. The van der Waals surface area contributed by atoms with E-state index in [1.165, 1.54) is 4.90 Å². The molecule has 0 saturated carbocycles. The molecule has 0 aliphatic carbocycles. The Labute approximate surface area is 155 Å².